The van der Waals surface area contributed by atoms with E-state index in [1.807, 2.05) is 24.6 Å². The van der Waals surface area contributed by atoms with Gasteiger partial charge in [-0.15, -0.1) is 29.3 Å². The lowest BCUT2D eigenvalue weighted by molar-refractivity contribution is -0.127. The number of carbonyl (C=O) groups excluding carboxylic acids is 1. The smallest absolute Gasteiger partial charge is 0.263 e. The normalized spacial score (nSPS) is 13.4. The first-order valence-corrected chi connectivity index (χ1v) is 12.3. The highest BCUT2D eigenvalue weighted by molar-refractivity contribution is 7.99. The summed E-state index contributed by atoms with van der Waals surface area (Å²) in [5.41, 5.74) is 1.19. The van der Waals surface area contributed by atoms with Crippen molar-refractivity contribution in [2.45, 2.75) is 43.9 Å². The highest BCUT2D eigenvalue weighted by atomic mass is 32.2. The molecule has 29 heavy (non-hydrogen) atoms. The molecule has 0 saturated heterocycles. The van der Waals surface area contributed by atoms with E-state index in [2.05, 4.69) is 6.58 Å². The zero-order chi connectivity index (χ0) is 20.4. The summed E-state index contributed by atoms with van der Waals surface area (Å²) in [7, 11) is 1.81. The Morgan fingerprint density at radius 3 is 3.00 bits per heavy atom. The first kappa shape index (κ1) is 20.4. The number of amides is 1. The Hall–Kier alpha value is -1.90. The fourth-order valence-electron chi connectivity index (χ4n) is 3.58. The fourth-order valence-corrected chi connectivity index (χ4v) is 6.59. The topological polar surface area (TPSA) is 55.2 Å². The second-order valence-corrected chi connectivity index (χ2v) is 10.2. The van der Waals surface area contributed by atoms with Crippen LogP contribution in [0.3, 0.4) is 0 Å². The molecule has 152 valence electrons. The summed E-state index contributed by atoms with van der Waals surface area (Å²) in [4.78, 5) is 35.6. The van der Waals surface area contributed by atoms with Crippen molar-refractivity contribution in [2.24, 2.45) is 0 Å². The Kier molecular flexibility index (Phi) is 6.22. The number of allylic oxidation sites excluding steroid dienone is 1. The summed E-state index contributed by atoms with van der Waals surface area (Å²) in [5.74, 6) is 0.274. The third-order valence-electron chi connectivity index (χ3n) is 5.08. The van der Waals surface area contributed by atoms with Crippen LogP contribution in [-0.2, 0) is 30.7 Å². The van der Waals surface area contributed by atoms with Crippen LogP contribution in [0.5, 0.6) is 0 Å². The predicted molar refractivity (Wildman–Crippen MR) is 122 cm³/mol. The molecule has 0 unspecified atom stereocenters. The van der Waals surface area contributed by atoms with E-state index in [-0.39, 0.29) is 17.2 Å². The van der Waals surface area contributed by atoms with Crippen LogP contribution in [0, 0.1) is 0 Å². The molecule has 1 amide bonds. The monoisotopic (exact) mass is 445 g/mol. The number of rotatable bonds is 7. The molecule has 0 aliphatic heterocycles. The predicted octanol–water partition coefficient (Wildman–Crippen LogP) is 4.34. The Bertz CT molecular complexity index is 1100. The minimum Gasteiger partial charge on any atom is -0.340 e. The van der Waals surface area contributed by atoms with Crippen molar-refractivity contribution in [3.8, 4) is 0 Å². The van der Waals surface area contributed by atoms with E-state index in [0.29, 0.717) is 18.2 Å². The van der Waals surface area contributed by atoms with Gasteiger partial charge in [0.2, 0.25) is 5.91 Å². The van der Waals surface area contributed by atoms with Crippen LogP contribution in [0.1, 0.15) is 28.2 Å². The number of fused-ring (bicyclic) bond motifs is 3. The summed E-state index contributed by atoms with van der Waals surface area (Å²) >= 11 is 4.61. The van der Waals surface area contributed by atoms with Gasteiger partial charge in [0, 0.05) is 23.3 Å². The van der Waals surface area contributed by atoms with E-state index in [1.165, 1.54) is 28.6 Å². The molecule has 8 heteroatoms. The summed E-state index contributed by atoms with van der Waals surface area (Å²) in [6, 6.07) is 4.01. The zero-order valence-corrected chi connectivity index (χ0v) is 18.8. The van der Waals surface area contributed by atoms with E-state index in [1.54, 1.807) is 38.2 Å². The lowest BCUT2D eigenvalue weighted by atomic mass is 9.97. The Morgan fingerprint density at radius 2 is 2.24 bits per heavy atom. The number of thiophene rings is 2. The van der Waals surface area contributed by atoms with Gasteiger partial charge in [-0.05, 0) is 42.7 Å². The molecule has 0 N–H and O–H groups in total. The Balaban J connectivity index is 1.59. The third kappa shape index (κ3) is 4.20. The van der Waals surface area contributed by atoms with Crippen molar-refractivity contribution < 1.29 is 4.79 Å². The van der Waals surface area contributed by atoms with Gasteiger partial charge in [-0.3, -0.25) is 14.2 Å². The molecule has 0 saturated carbocycles. The van der Waals surface area contributed by atoms with Crippen LogP contribution in [0.25, 0.3) is 10.2 Å². The van der Waals surface area contributed by atoms with Crippen LogP contribution in [0.4, 0.5) is 0 Å². The molecule has 1 aliphatic rings. The molecule has 3 heterocycles. The number of carbonyl (C=O) groups is 1. The maximum absolute atomic E-state index is 13.2. The molecule has 0 bridgehead atoms. The minimum absolute atomic E-state index is 0.00353. The number of thioether (sulfide) groups is 1. The standard InChI is InChI=1S/C21H23N3O2S3/c1-3-10-24-20(26)18-15-8-4-5-9-16(15)29-19(18)22-21(24)28-13-17(25)23(2)12-14-7-6-11-27-14/h3,6-7,11H,1,4-5,8-10,12-13H2,2H3. The van der Waals surface area contributed by atoms with Crippen LogP contribution >= 0.6 is 34.4 Å². The molecule has 0 spiro atoms. The van der Waals surface area contributed by atoms with Crippen molar-refractivity contribution in [2.75, 3.05) is 12.8 Å². The van der Waals surface area contributed by atoms with E-state index in [4.69, 9.17) is 4.98 Å². The lowest BCUT2D eigenvalue weighted by Crippen LogP contribution is -2.28. The maximum atomic E-state index is 13.2. The van der Waals surface area contributed by atoms with Crippen molar-refractivity contribution >= 4 is 50.6 Å². The fraction of sp³-hybridized carbons (Fsp3) is 0.381. The molecule has 3 aromatic heterocycles. The van der Waals surface area contributed by atoms with Crippen LogP contribution in [0.2, 0.25) is 0 Å². The molecular weight excluding hydrogens is 422 g/mol. The van der Waals surface area contributed by atoms with Crippen molar-refractivity contribution in [1.29, 1.82) is 0 Å². The van der Waals surface area contributed by atoms with Gasteiger partial charge in [0.1, 0.15) is 4.83 Å². The first-order valence-electron chi connectivity index (χ1n) is 9.63. The van der Waals surface area contributed by atoms with Gasteiger partial charge in [0.05, 0.1) is 17.7 Å². The number of aromatic nitrogens is 2. The highest BCUT2D eigenvalue weighted by Crippen LogP contribution is 2.34. The third-order valence-corrected chi connectivity index (χ3v) is 8.08. The van der Waals surface area contributed by atoms with Gasteiger partial charge in [0.15, 0.2) is 5.16 Å². The average Bonchev–Trinajstić information content (AvgIpc) is 3.35. The van der Waals surface area contributed by atoms with Crippen LogP contribution in [0.15, 0.2) is 40.1 Å². The van der Waals surface area contributed by atoms with Crippen molar-refractivity contribution in [1.82, 2.24) is 14.5 Å². The van der Waals surface area contributed by atoms with E-state index in [9.17, 15) is 9.59 Å². The minimum atomic E-state index is -0.00353. The molecule has 5 nitrogen and oxygen atoms in total. The quantitative estimate of drug-likeness (QED) is 0.308. The van der Waals surface area contributed by atoms with Gasteiger partial charge in [-0.1, -0.05) is 23.9 Å². The Morgan fingerprint density at radius 1 is 1.41 bits per heavy atom. The van der Waals surface area contributed by atoms with Gasteiger partial charge in [-0.25, -0.2) is 4.98 Å². The van der Waals surface area contributed by atoms with Gasteiger partial charge in [-0.2, -0.15) is 0 Å². The second kappa shape index (κ2) is 8.85. The SMILES string of the molecule is C=CCn1c(SCC(=O)N(C)Cc2cccs2)nc2sc3c(c2c1=O)CCCC3. The molecule has 1 aliphatic carbocycles. The van der Waals surface area contributed by atoms with Gasteiger partial charge < -0.3 is 4.90 Å². The number of aryl methyl sites for hydroxylation is 2. The number of hydrogen-bond acceptors (Lipinski definition) is 6. The van der Waals surface area contributed by atoms with Crippen molar-refractivity contribution in [3.05, 3.63) is 55.8 Å². The molecule has 0 fully saturated rings. The maximum Gasteiger partial charge on any atom is 0.263 e. The molecule has 0 radical (unpaired) electrons. The number of nitrogens with zero attached hydrogens (tertiary/aromatic N) is 3. The average molecular weight is 446 g/mol. The summed E-state index contributed by atoms with van der Waals surface area (Å²) in [6.45, 7) is 4.79. The van der Waals surface area contributed by atoms with E-state index >= 15 is 0 Å². The lowest BCUT2D eigenvalue weighted by Gasteiger charge is -2.16. The summed E-state index contributed by atoms with van der Waals surface area (Å²) in [5, 5.41) is 3.38. The van der Waals surface area contributed by atoms with E-state index < -0.39 is 0 Å². The van der Waals surface area contributed by atoms with Gasteiger partial charge in [0.25, 0.3) is 5.56 Å². The van der Waals surface area contributed by atoms with Crippen molar-refractivity contribution in [3.63, 3.8) is 0 Å². The Labute approximate surface area is 182 Å². The second-order valence-electron chi connectivity index (χ2n) is 7.11. The number of hydrogen-bond donors (Lipinski definition) is 0. The largest absolute Gasteiger partial charge is 0.340 e. The molecule has 0 aromatic carbocycles. The molecule has 0 atom stereocenters. The van der Waals surface area contributed by atoms with E-state index in [0.717, 1.165) is 34.4 Å². The summed E-state index contributed by atoms with van der Waals surface area (Å²) in [6.07, 6.45) is 6.00. The molecule has 3 aromatic rings. The highest BCUT2D eigenvalue weighted by Gasteiger charge is 2.22. The van der Waals surface area contributed by atoms with Gasteiger partial charge >= 0.3 is 0 Å². The van der Waals surface area contributed by atoms with Crippen LogP contribution in [-0.4, -0.2) is 33.2 Å². The zero-order valence-electron chi connectivity index (χ0n) is 16.3. The van der Waals surface area contributed by atoms with Crippen LogP contribution < -0.4 is 5.56 Å². The first-order chi connectivity index (χ1) is 14.1. The molecular formula is C21H23N3O2S3. The summed E-state index contributed by atoms with van der Waals surface area (Å²) < 4.78 is 1.66. The molecule has 4 rings (SSSR count).